The molecule has 1 aliphatic heterocycles. The van der Waals surface area contributed by atoms with E-state index in [-0.39, 0.29) is 5.91 Å². The molecule has 2 N–H and O–H groups in total. The molecule has 1 heterocycles. The third-order valence-electron chi connectivity index (χ3n) is 3.78. The van der Waals surface area contributed by atoms with Crippen molar-refractivity contribution in [2.75, 3.05) is 40.0 Å². The summed E-state index contributed by atoms with van der Waals surface area (Å²) >= 11 is 0. The number of hydrogen-bond donors (Lipinski definition) is 1. The zero-order chi connectivity index (χ0) is 13.0. The van der Waals surface area contributed by atoms with E-state index in [1.54, 1.807) is 11.9 Å². The lowest BCUT2D eigenvalue weighted by molar-refractivity contribution is -0.139. The second-order valence-electron chi connectivity index (χ2n) is 5.51. The van der Waals surface area contributed by atoms with Gasteiger partial charge in [0.2, 0.25) is 5.91 Å². The minimum Gasteiger partial charge on any atom is -0.381 e. The number of nitrogens with zero attached hydrogens (tertiary/aromatic N) is 1. The maximum absolute atomic E-state index is 12.3. The summed E-state index contributed by atoms with van der Waals surface area (Å²) in [6, 6.07) is 0. The largest absolute Gasteiger partial charge is 0.381 e. The Morgan fingerprint density at radius 3 is 2.72 bits per heavy atom. The van der Waals surface area contributed by atoms with Crippen molar-refractivity contribution in [2.45, 2.75) is 31.2 Å². The first-order chi connectivity index (χ1) is 8.62. The van der Waals surface area contributed by atoms with Gasteiger partial charge in [0.25, 0.3) is 0 Å². The number of hydrogen-bond acceptors (Lipinski definition) is 4. The number of likely N-dealkylation sites (N-methyl/N-ethyl adjacent to an activating group) is 1. The van der Waals surface area contributed by atoms with Crippen molar-refractivity contribution in [1.29, 1.82) is 0 Å². The van der Waals surface area contributed by atoms with Crippen molar-refractivity contribution in [2.24, 2.45) is 11.7 Å². The molecule has 18 heavy (non-hydrogen) atoms. The second kappa shape index (κ2) is 5.99. The summed E-state index contributed by atoms with van der Waals surface area (Å²) in [5, 5.41) is 0. The summed E-state index contributed by atoms with van der Waals surface area (Å²) < 4.78 is 10.8. The molecule has 1 saturated heterocycles. The fourth-order valence-corrected chi connectivity index (χ4v) is 2.17. The molecule has 5 heteroatoms. The Labute approximate surface area is 109 Å². The molecule has 0 aromatic heterocycles. The Bertz CT molecular complexity index is 286. The number of carbonyl (C=O) groups is 1. The van der Waals surface area contributed by atoms with Gasteiger partial charge < -0.3 is 20.1 Å². The van der Waals surface area contributed by atoms with Crippen molar-refractivity contribution in [3.05, 3.63) is 0 Å². The first-order valence-corrected chi connectivity index (χ1v) is 6.82. The monoisotopic (exact) mass is 256 g/mol. The highest BCUT2D eigenvalue weighted by Crippen LogP contribution is 2.28. The molecular formula is C13H24N2O3. The summed E-state index contributed by atoms with van der Waals surface area (Å²) in [5.74, 6) is 0.781. The van der Waals surface area contributed by atoms with Crippen LogP contribution in [0.1, 0.15) is 25.7 Å². The Kier molecular flexibility index (Phi) is 4.59. The van der Waals surface area contributed by atoms with Crippen molar-refractivity contribution >= 4 is 5.91 Å². The van der Waals surface area contributed by atoms with Gasteiger partial charge in [-0.15, -0.1) is 0 Å². The highest BCUT2D eigenvalue weighted by molar-refractivity contribution is 5.86. The predicted molar refractivity (Wildman–Crippen MR) is 68.2 cm³/mol. The Hall–Kier alpha value is -0.650. The van der Waals surface area contributed by atoms with Crippen LogP contribution in [0.5, 0.6) is 0 Å². The number of amides is 1. The molecular weight excluding hydrogens is 232 g/mol. The van der Waals surface area contributed by atoms with Crippen LogP contribution in [-0.4, -0.2) is 56.4 Å². The first-order valence-electron chi connectivity index (χ1n) is 6.82. The van der Waals surface area contributed by atoms with Crippen LogP contribution in [0, 0.1) is 5.92 Å². The lowest BCUT2D eigenvalue weighted by Crippen LogP contribution is -2.57. The smallest absolute Gasteiger partial charge is 0.242 e. The lowest BCUT2D eigenvalue weighted by Gasteiger charge is -2.35. The number of rotatable bonds is 6. The zero-order valence-corrected chi connectivity index (χ0v) is 11.2. The van der Waals surface area contributed by atoms with Crippen LogP contribution in [0.2, 0.25) is 0 Å². The van der Waals surface area contributed by atoms with Gasteiger partial charge in [-0.25, -0.2) is 0 Å². The molecule has 2 fully saturated rings. The van der Waals surface area contributed by atoms with Crippen molar-refractivity contribution in [1.82, 2.24) is 4.90 Å². The highest BCUT2D eigenvalue weighted by Gasteiger charge is 2.37. The fraction of sp³-hybridized carbons (Fsp3) is 0.923. The lowest BCUT2D eigenvalue weighted by atomic mass is 9.90. The summed E-state index contributed by atoms with van der Waals surface area (Å²) in [6.07, 6.45) is 3.81. The Morgan fingerprint density at radius 2 is 2.11 bits per heavy atom. The van der Waals surface area contributed by atoms with Crippen LogP contribution < -0.4 is 5.73 Å². The van der Waals surface area contributed by atoms with Gasteiger partial charge in [0.05, 0.1) is 12.1 Å². The standard InChI is InChI=1S/C13H24N2O3/c1-15(6-9-18-10-11-2-3-11)12(16)13(14)4-7-17-8-5-13/h11H,2-10,14H2,1H3. The normalized spacial score (nSPS) is 22.8. The first kappa shape index (κ1) is 13.8. The van der Waals surface area contributed by atoms with Crippen LogP contribution >= 0.6 is 0 Å². The summed E-state index contributed by atoms with van der Waals surface area (Å²) in [6.45, 7) is 3.21. The summed E-state index contributed by atoms with van der Waals surface area (Å²) in [5.41, 5.74) is 5.42. The van der Waals surface area contributed by atoms with Crippen molar-refractivity contribution in [3.63, 3.8) is 0 Å². The maximum Gasteiger partial charge on any atom is 0.242 e. The molecule has 1 aliphatic carbocycles. The average Bonchev–Trinajstić information content (AvgIpc) is 3.18. The quantitative estimate of drug-likeness (QED) is 0.698. The molecule has 1 amide bonds. The molecule has 0 bridgehead atoms. The second-order valence-corrected chi connectivity index (χ2v) is 5.51. The van der Waals surface area contributed by atoms with Crippen LogP contribution in [0.4, 0.5) is 0 Å². The minimum absolute atomic E-state index is 0.0146. The van der Waals surface area contributed by atoms with E-state index >= 15 is 0 Å². The molecule has 0 aromatic rings. The molecule has 2 rings (SSSR count). The van der Waals surface area contributed by atoms with E-state index in [1.165, 1.54) is 12.8 Å². The average molecular weight is 256 g/mol. The number of ether oxygens (including phenoxy) is 2. The van der Waals surface area contributed by atoms with Gasteiger partial charge in [-0.1, -0.05) is 0 Å². The number of nitrogens with two attached hydrogens (primary N) is 1. The summed E-state index contributed by atoms with van der Waals surface area (Å²) in [7, 11) is 1.80. The van der Waals surface area contributed by atoms with E-state index in [0.29, 0.717) is 39.2 Å². The van der Waals surface area contributed by atoms with Gasteiger partial charge in [-0.05, 0) is 31.6 Å². The predicted octanol–water partition coefficient (Wildman–Crippen LogP) is 0.379. The van der Waals surface area contributed by atoms with Crippen molar-refractivity contribution < 1.29 is 14.3 Å². The van der Waals surface area contributed by atoms with Gasteiger partial charge in [0.1, 0.15) is 0 Å². The fourth-order valence-electron chi connectivity index (χ4n) is 2.17. The van der Waals surface area contributed by atoms with Crippen molar-refractivity contribution in [3.8, 4) is 0 Å². The topological polar surface area (TPSA) is 64.8 Å². The molecule has 2 aliphatic rings. The third-order valence-corrected chi connectivity index (χ3v) is 3.78. The molecule has 0 spiro atoms. The van der Waals surface area contributed by atoms with E-state index in [9.17, 15) is 4.79 Å². The van der Waals surface area contributed by atoms with Gasteiger partial charge in [-0.3, -0.25) is 4.79 Å². The zero-order valence-electron chi connectivity index (χ0n) is 11.2. The van der Waals surface area contributed by atoms with Gasteiger partial charge in [-0.2, -0.15) is 0 Å². The molecule has 0 radical (unpaired) electrons. The van der Waals surface area contributed by atoms with E-state index in [0.717, 1.165) is 12.5 Å². The van der Waals surface area contributed by atoms with E-state index in [4.69, 9.17) is 15.2 Å². The van der Waals surface area contributed by atoms with Gasteiger partial charge in [0, 0.05) is 33.4 Å². The van der Waals surface area contributed by atoms with Crippen LogP contribution in [0.3, 0.4) is 0 Å². The Morgan fingerprint density at radius 1 is 1.44 bits per heavy atom. The molecule has 1 saturated carbocycles. The highest BCUT2D eigenvalue weighted by atomic mass is 16.5. The van der Waals surface area contributed by atoms with Gasteiger partial charge in [0.15, 0.2) is 0 Å². The van der Waals surface area contributed by atoms with Crippen LogP contribution in [-0.2, 0) is 14.3 Å². The minimum atomic E-state index is -0.733. The summed E-state index contributed by atoms with van der Waals surface area (Å²) in [4.78, 5) is 13.9. The van der Waals surface area contributed by atoms with E-state index in [2.05, 4.69) is 0 Å². The van der Waals surface area contributed by atoms with E-state index in [1.807, 2.05) is 0 Å². The SMILES string of the molecule is CN(CCOCC1CC1)C(=O)C1(N)CCOCC1. The molecule has 0 aromatic carbocycles. The maximum atomic E-state index is 12.3. The molecule has 104 valence electrons. The number of carbonyl (C=O) groups excluding carboxylic acids is 1. The van der Waals surface area contributed by atoms with Crippen LogP contribution in [0.15, 0.2) is 0 Å². The van der Waals surface area contributed by atoms with E-state index < -0.39 is 5.54 Å². The molecule has 5 nitrogen and oxygen atoms in total. The third kappa shape index (κ3) is 3.67. The Balaban J connectivity index is 1.69. The molecule has 0 atom stereocenters. The molecule has 0 unspecified atom stereocenters. The van der Waals surface area contributed by atoms with Crippen LogP contribution in [0.25, 0.3) is 0 Å². The van der Waals surface area contributed by atoms with Gasteiger partial charge >= 0.3 is 0 Å².